The van der Waals surface area contributed by atoms with Crippen LogP contribution >= 0.6 is 11.3 Å². The third kappa shape index (κ3) is 3.90. The van der Waals surface area contributed by atoms with E-state index in [1.807, 2.05) is 4.90 Å². The van der Waals surface area contributed by atoms with Crippen LogP contribution in [0.4, 0.5) is 19.1 Å². The second-order valence-corrected chi connectivity index (χ2v) is 7.08. The minimum absolute atomic E-state index is 0.0661. The average Bonchev–Trinajstić information content (AvgIpc) is 3.20. The fourth-order valence-electron chi connectivity index (χ4n) is 3.04. The first-order valence-corrected chi connectivity index (χ1v) is 9.25. The Hall–Kier alpha value is -2.62. The van der Waals surface area contributed by atoms with Crippen molar-refractivity contribution in [1.82, 2.24) is 24.9 Å². The molecule has 0 spiro atoms. The van der Waals surface area contributed by atoms with E-state index in [1.54, 1.807) is 30.9 Å². The summed E-state index contributed by atoms with van der Waals surface area (Å²) in [7, 11) is 0. The maximum absolute atomic E-state index is 12.8. The molecule has 0 aliphatic carbocycles. The molecule has 10 heteroatoms. The summed E-state index contributed by atoms with van der Waals surface area (Å²) >= 11 is 1.06. The van der Waals surface area contributed by atoms with Gasteiger partial charge < -0.3 is 4.90 Å². The van der Waals surface area contributed by atoms with Crippen LogP contribution in [0.25, 0.3) is 11.4 Å². The lowest BCUT2D eigenvalue weighted by atomic mass is 9.99. The number of alkyl halides is 3. The summed E-state index contributed by atoms with van der Waals surface area (Å²) in [6.45, 7) is 1.28. The van der Waals surface area contributed by atoms with Crippen LogP contribution in [0.5, 0.6) is 0 Å². The van der Waals surface area contributed by atoms with Gasteiger partial charge in [-0.25, -0.2) is 15.0 Å². The second-order valence-electron chi connectivity index (χ2n) is 6.19. The minimum atomic E-state index is -4.41. The number of piperidine rings is 1. The Balaban J connectivity index is 1.54. The highest BCUT2D eigenvalue weighted by Gasteiger charge is 2.35. The minimum Gasteiger partial charge on any atom is -0.340 e. The summed E-state index contributed by atoms with van der Waals surface area (Å²) in [6.07, 6.45) is 3.69. The molecule has 4 heterocycles. The predicted octanol–water partition coefficient (Wildman–Crippen LogP) is 3.79. The summed E-state index contributed by atoms with van der Waals surface area (Å²) in [4.78, 5) is 23.0. The quantitative estimate of drug-likeness (QED) is 0.676. The van der Waals surface area contributed by atoms with Crippen LogP contribution in [0.1, 0.15) is 29.5 Å². The molecule has 0 amide bonds. The van der Waals surface area contributed by atoms with Crippen molar-refractivity contribution in [3.05, 3.63) is 46.9 Å². The zero-order valence-electron chi connectivity index (χ0n) is 14.1. The Kier molecular flexibility index (Phi) is 4.73. The molecule has 1 saturated heterocycles. The van der Waals surface area contributed by atoms with Gasteiger partial charge in [0.25, 0.3) is 0 Å². The maximum atomic E-state index is 12.8. The molecule has 0 bridgehead atoms. The van der Waals surface area contributed by atoms with Crippen molar-refractivity contribution in [3.8, 4) is 11.4 Å². The first kappa shape index (κ1) is 17.8. The lowest BCUT2D eigenvalue weighted by Crippen LogP contribution is -2.35. The van der Waals surface area contributed by atoms with E-state index in [0.29, 0.717) is 28.9 Å². The molecule has 140 valence electrons. The van der Waals surface area contributed by atoms with Crippen LogP contribution in [0, 0.1) is 0 Å². The standard InChI is InChI=1S/C17H15F3N6S/c18-17(19,20)14-10-27-15(25-14)11-2-1-7-26(9-11)16-23-4-3-12(24-16)13-8-21-5-6-22-13/h3-6,8,10-11H,1-2,7,9H2. The van der Waals surface area contributed by atoms with Crippen LogP contribution in [0.3, 0.4) is 0 Å². The van der Waals surface area contributed by atoms with Crippen LogP contribution < -0.4 is 4.90 Å². The molecular weight excluding hydrogens is 377 g/mol. The normalized spacial score (nSPS) is 17.9. The fourth-order valence-corrected chi connectivity index (χ4v) is 4.00. The van der Waals surface area contributed by atoms with Gasteiger partial charge in [-0.1, -0.05) is 0 Å². The van der Waals surface area contributed by atoms with Crippen molar-refractivity contribution < 1.29 is 13.2 Å². The number of hydrogen-bond acceptors (Lipinski definition) is 7. The molecule has 0 saturated carbocycles. The molecule has 0 aromatic carbocycles. The molecule has 0 radical (unpaired) electrons. The number of hydrogen-bond donors (Lipinski definition) is 0. The molecule has 4 rings (SSSR count). The number of nitrogens with zero attached hydrogens (tertiary/aromatic N) is 6. The molecule has 1 unspecified atom stereocenters. The average molecular weight is 392 g/mol. The molecule has 3 aromatic heterocycles. The monoisotopic (exact) mass is 392 g/mol. The molecule has 3 aromatic rings. The van der Waals surface area contributed by atoms with Gasteiger partial charge in [0, 0.05) is 43.0 Å². The molecule has 1 aliphatic rings. The van der Waals surface area contributed by atoms with E-state index in [9.17, 15) is 13.2 Å². The van der Waals surface area contributed by atoms with Crippen molar-refractivity contribution in [1.29, 1.82) is 0 Å². The van der Waals surface area contributed by atoms with Crippen molar-refractivity contribution >= 4 is 17.3 Å². The molecule has 27 heavy (non-hydrogen) atoms. The molecule has 1 aliphatic heterocycles. The SMILES string of the molecule is FC(F)(F)c1csc(C2CCCN(c3nccc(-c4cnccn4)n3)C2)n1. The first-order valence-electron chi connectivity index (χ1n) is 8.38. The summed E-state index contributed by atoms with van der Waals surface area (Å²) in [5.74, 6) is 0.471. The maximum Gasteiger partial charge on any atom is 0.434 e. The third-order valence-corrected chi connectivity index (χ3v) is 5.34. The molecule has 6 nitrogen and oxygen atoms in total. The highest BCUT2D eigenvalue weighted by Crippen LogP contribution is 2.35. The highest BCUT2D eigenvalue weighted by atomic mass is 32.1. The summed E-state index contributed by atoms with van der Waals surface area (Å²) in [5.41, 5.74) is 0.480. The fraction of sp³-hybridized carbons (Fsp3) is 0.353. The lowest BCUT2D eigenvalue weighted by Gasteiger charge is -2.31. The molecule has 1 atom stereocenters. The van der Waals surface area contributed by atoms with Crippen LogP contribution in [-0.4, -0.2) is 38.0 Å². The zero-order chi connectivity index (χ0) is 18.9. The van der Waals surface area contributed by atoms with Gasteiger partial charge >= 0.3 is 6.18 Å². The van der Waals surface area contributed by atoms with E-state index < -0.39 is 11.9 Å². The Bertz CT molecular complexity index is 914. The van der Waals surface area contributed by atoms with Gasteiger partial charge in [-0.2, -0.15) is 13.2 Å². The Morgan fingerprint density at radius 3 is 2.70 bits per heavy atom. The van der Waals surface area contributed by atoms with E-state index in [-0.39, 0.29) is 5.92 Å². The zero-order valence-corrected chi connectivity index (χ0v) is 14.9. The predicted molar refractivity (Wildman–Crippen MR) is 94.4 cm³/mol. The second kappa shape index (κ2) is 7.18. The first-order chi connectivity index (χ1) is 13.0. The van der Waals surface area contributed by atoms with Gasteiger partial charge in [-0.15, -0.1) is 11.3 Å². The highest BCUT2D eigenvalue weighted by molar-refractivity contribution is 7.09. The van der Waals surface area contributed by atoms with Crippen LogP contribution in [-0.2, 0) is 6.18 Å². The van der Waals surface area contributed by atoms with Gasteiger partial charge in [-0.3, -0.25) is 9.97 Å². The Labute approximate surface area is 157 Å². The lowest BCUT2D eigenvalue weighted by molar-refractivity contribution is -0.140. The van der Waals surface area contributed by atoms with E-state index in [0.717, 1.165) is 36.1 Å². The Morgan fingerprint density at radius 1 is 1.07 bits per heavy atom. The molecular formula is C17H15F3N6S. The number of halogens is 3. The smallest absolute Gasteiger partial charge is 0.340 e. The van der Waals surface area contributed by atoms with Crippen molar-refractivity contribution in [2.45, 2.75) is 24.9 Å². The third-order valence-electron chi connectivity index (χ3n) is 4.33. The molecule has 0 N–H and O–H groups in total. The summed E-state index contributed by atoms with van der Waals surface area (Å²) in [5, 5.41) is 1.59. The number of thiazole rings is 1. The van der Waals surface area contributed by atoms with Gasteiger partial charge in [0.2, 0.25) is 5.95 Å². The van der Waals surface area contributed by atoms with E-state index >= 15 is 0 Å². The summed E-state index contributed by atoms with van der Waals surface area (Å²) in [6, 6.07) is 1.76. The Morgan fingerprint density at radius 2 is 1.96 bits per heavy atom. The number of rotatable bonds is 3. The summed E-state index contributed by atoms with van der Waals surface area (Å²) < 4.78 is 38.5. The van der Waals surface area contributed by atoms with E-state index in [4.69, 9.17) is 0 Å². The van der Waals surface area contributed by atoms with E-state index in [1.165, 1.54) is 0 Å². The number of anilines is 1. The van der Waals surface area contributed by atoms with Gasteiger partial charge in [0.15, 0.2) is 5.69 Å². The van der Waals surface area contributed by atoms with E-state index in [2.05, 4.69) is 24.9 Å². The van der Waals surface area contributed by atoms with Crippen LogP contribution in [0.2, 0.25) is 0 Å². The van der Waals surface area contributed by atoms with Crippen molar-refractivity contribution in [2.75, 3.05) is 18.0 Å². The van der Waals surface area contributed by atoms with Crippen molar-refractivity contribution in [3.63, 3.8) is 0 Å². The van der Waals surface area contributed by atoms with Crippen LogP contribution in [0.15, 0.2) is 36.2 Å². The number of aromatic nitrogens is 5. The topological polar surface area (TPSA) is 67.7 Å². The van der Waals surface area contributed by atoms with Gasteiger partial charge in [-0.05, 0) is 18.9 Å². The largest absolute Gasteiger partial charge is 0.434 e. The molecule has 1 fully saturated rings. The van der Waals surface area contributed by atoms with Gasteiger partial charge in [0.05, 0.1) is 16.9 Å². The van der Waals surface area contributed by atoms with Gasteiger partial charge in [0.1, 0.15) is 5.69 Å². The van der Waals surface area contributed by atoms with Crippen molar-refractivity contribution in [2.24, 2.45) is 0 Å².